The van der Waals surface area contributed by atoms with Crippen molar-refractivity contribution in [1.29, 1.82) is 0 Å². The Labute approximate surface area is 156 Å². The Morgan fingerprint density at radius 2 is 2.00 bits per heavy atom. The first-order valence-electron chi connectivity index (χ1n) is 6.94. The molecule has 6 heteroatoms. The largest absolute Gasteiger partial charge is 0.319 e. The highest BCUT2D eigenvalue weighted by atomic mass is 127. The third-order valence-electron chi connectivity index (χ3n) is 3.25. The van der Waals surface area contributed by atoms with Crippen LogP contribution in [-0.4, -0.2) is 15.7 Å². The Bertz CT molecular complexity index is 833. The number of hydrogen-bond donors (Lipinski definition) is 1. The van der Waals surface area contributed by atoms with Crippen LogP contribution < -0.4 is 5.32 Å². The van der Waals surface area contributed by atoms with Gasteiger partial charge >= 0.3 is 0 Å². The maximum atomic E-state index is 12.4. The van der Waals surface area contributed by atoms with Crippen LogP contribution in [0.15, 0.2) is 65.4 Å². The SMILES string of the molecule is O=C(Nc1cnn(Cc2ccccc2)c1)c1cc(Br)ccc1I. The average molecular weight is 482 g/mol. The zero-order valence-corrected chi connectivity index (χ0v) is 15.8. The topological polar surface area (TPSA) is 46.9 Å². The van der Waals surface area contributed by atoms with Gasteiger partial charge in [-0.25, -0.2) is 0 Å². The van der Waals surface area contributed by atoms with Crippen molar-refractivity contribution in [2.75, 3.05) is 5.32 Å². The molecule has 0 bridgehead atoms. The number of benzene rings is 2. The molecule has 0 saturated heterocycles. The first-order valence-corrected chi connectivity index (χ1v) is 8.82. The van der Waals surface area contributed by atoms with Crippen molar-refractivity contribution in [1.82, 2.24) is 9.78 Å². The highest BCUT2D eigenvalue weighted by Gasteiger charge is 2.12. The van der Waals surface area contributed by atoms with Gasteiger partial charge in [-0.2, -0.15) is 5.10 Å². The lowest BCUT2D eigenvalue weighted by Gasteiger charge is -2.05. The van der Waals surface area contributed by atoms with Crippen LogP contribution in [-0.2, 0) is 6.54 Å². The van der Waals surface area contributed by atoms with Gasteiger partial charge in [0.05, 0.1) is 24.0 Å². The molecular formula is C17H13BrIN3O. The van der Waals surface area contributed by atoms with Crippen LogP contribution in [0.5, 0.6) is 0 Å². The van der Waals surface area contributed by atoms with E-state index in [0.29, 0.717) is 17.8 Å². The molecule has 3 aromatic rings. The van der Waals surface area contributed by atoms with Gasteiger partial charge in [-0.3, -0.25) is 9.48 Å². The number of carbonyl (C=O) groups is 1. The summed E-state index contributed by atoms with van der Waals surface area (Å²) in [5, 5.41) is 7.17. The maximum absolute atomic E-state index is 12.4. The summed E-state index contributed by atoms with van der Waals surface area (Å²) in [4.78, 5) is 12.4. The van der Waals surface area contributed by atoms with Crippen LogP contribution in [0, 0.1) is 3.57 Å². The maximum Gasteiger partial charge on any atom is 0.256 e. The van der Waals surface area contributed by atoms with Crippen LogP contribution >= 0.6 is 38.5 Å². The Morgan fingerprint density at radius 1 is 1.22 bits per heavy atom. The number of rotatable bonds is 4. The number of nitrogens with one attached hydrogen (secondary N) is 1. The number of carbonyl (C=O) groups excluding carboxylic acids is 1. The Hall–Kier alpha value is -1.67. The van der Waals surface area contributed by atoms with E-state index in [1.54, 1.807) is 10.9 Å². The second-order valence-corrected chi connectivity index (χ2v) is 7.07. The Morgan fingerprint density at radius 3 is 2.78 bits per heavy atom. The first kappa shape index (κ1) is 16.2. The van der Waals surface area contributed by atoms with Crippen molar-refractivity contribution >= 4 is 50.1 Å². The van der Waals surface area contributed by atoms with Crippen LogP contribution in [0.2, 0.25) is 0 Å². The molecule has 1 amide bonds. The molecule has 116 valence electrons. The fourth-order valence-electron chi connectivity index (χ4n) is 2.16. The number of halogens is 2. The predicted molar refractivity (Wildman–Crippen MR) is 103 cm³/mol. The Balaban J connectivity index is 1.71. The summed E-state index contributed by atoms with van der Waals surface area (Å²) in [7, 11) is 0. The first-order chi connectivity index (χ1) is 11.1. The van der Waals surface area contributed by atoms with E-state index in [-0.39, 0.29) is 5.91 Å². The molecule has 3 rings (SSSR count). The van der Waals surface area contributed by atoms with Crippen molar-refractivity contribution in [2.45, 2.75) is 6.54 Å². The highest BCUT2D eigenvalue weighted by molar-refractivity contribution is 14.1. The monoisotopic (exact) mass is 481 g/mol. The second kappa shape index (κ2) is 7.27. The summed E-state index contributed by atoms with van der Waals surface area (Å²) in [6.07, 6.45) is 3.49. The molecule has 1 aromatic heterocycles. The van der Waals surface area contributed by atoms with E-state index in [1.165, 1.54) is 0 Å². The van der Waals surface area contributed by atoms with Crippen molar-refractivity contribution in [3.8, 4) is 0 Å². The van der Waals surface area contributed by atoms with Gasteiger partial charge in [0.15, 0.2) is 0 Å². The summed E-state index contributed by atoms with van der Waals surface area (Å²) in [6.45, 7) is 0.672. The molecule has 2 aromatic carbocycles. The van der Waals surface area contributed by atoms with Crippen molar-refractivity contribution < 1.29 is 4.79 Å². The van der Waals surface area contributed by atoms with E-state index in [0.717, 1.165) is 13.6 Å². The predicted octanol–water partition coefficient (Wildman–Crippen LogP) is 4.55. The van der Waals surface area contributed by atoms with Gasteiger partial charge in [-0.05, 0) is 46.4 Å². The van der Waals surface area contributed by atoms with Gasteiger partial charge in [0.2, 0.25) is 0 Å². The van der Waals surface area contributed by atoms with E-state index < -0.39 is 0 Å². The van der Waals surface area contributed by atoms with Crippen molar-refractivity contribution in [2.24, 2.45) is 0 Å². The quantitative estimate of drug-likeness (QED) is 0.555. The normalized spacial score (nSPS) is 10.5. The lowest BCUT2D eigenvalue weighted by Crippen LogP contribution is -2.13. The standard InChI is InChI=1S/C17H13BrIN3O/c18-13-6-7-16(19)15(8-13)17(23)21-14-9-20-22(11-14)10-12-4-2-1-3-5-12/h1-9,11H,10H2,(H,21,23). The van der Waals surface area contributed by atoms with Crippen LogP contribution in [0.3, 0.4) is 0 Å². The minimum Gasteiger partial charge on any atom is -0.319 e. The van der Waals surface area contributed by atoms with Crippen molar-refractivity contribution in [3.05, 3.63) is 80.1 Å². The molecule has 0 aliphatic heterocycles. The summed E-state index contributed by atoms with van der Waals surface area (Å²) in [6, 6.07) is 15.7. The molecule has 0 fully saturated rings. The van der Waals surface area contributed by atoms with Crippen molar-refractivity contribution in [3.63, 3.8) is 0 Å². The smallest absolute Gasteiger partial charge is 0.256 e. The van der Waals surface area contributed by atoms with Crippen LogP contribution in [0.25, 0.3) is 0 Å². The number of hydrogen-bond acceptors (Lipinski definition) is 2. The van der Waals surface area contributed by atoms with E-state index >= 15 is 0 Å². The zero-order chi connectivity index (χ0) is 16.2. The molecule has 0 unspecified atom stereocenters. The molecule has 4 nitrogen and oxygen atoms in total. The van der Waals surface area contributed by atoms with E-state index in [9.17, 15) is 4.79 Å². The lowest BCUT2D eigenvalue weighted by atomic mass is 10.2. The molecule has 0 aliphatic carbocycles. The van der Waals surface area contributed by atoms with E-state index in [2.05, 4.69) is 48.9 Å². The molecule has 1 N–H and O–H groups in total. The van der Waals surface area contributed by atoms with E-state index in [4.69, 9.17) is 0 Å². The average Bonchev–Trinajstić information content (AvgIpc) is 2.97. The summed E-state index contributed by atoms with van der Waals surface area (Å²) in [5.74, 6) is -0.144. The van der Waals surface area contributed by atoms with Gasteiger partial charge in [0.25, 0.3) is 5.91 Å². The van der Waals surface area contributed by atoms with Gasteiger partial charge in [0.1, 0.15) is 0 Å². The number of aromatic nitrogens is 2. The van der Waals surface area contributed by atoms with Crippen LogP contribution in [0.4, 0.5) is 5.69 Å². The Kier molecular flexibility index (Phi) is 5.12. The summed E-state index contributed by atoms with van der Waals surface area (Å²) in [5.41, 5.74) is 2.48. The number of amides is 1. The second-order valence-electron chi connectivity index (χ2n) is 4.99. The van der Waals surface area contributed by atoms with Crippen LogP contribution in [0.1, 0.15) is 15.9 Å². The zero-order valence-electron chi connectivity index (χ0n) is 12.0. The molecule has 0 saturated carbocycles. The number of anilines is 1. The molecule has 0 spiro atoms. The minimum atomic E-state index is -0.144. The minimum absolute atomic E-state index is 0.144. The molecular weight excluding hydrogens is 469 g/mol. The third kappa shape index (κ3) is 4.20. The molecule has 0 aliphatic rings. The molecule has 1 heterocycles. The third-order valence-corrected chi connectivity index (χ3v) is 4.69. The van der Waals surface area contributed by atoms with Gasteiger partial charge in [0, 0.05) is 14.2 Å². The fourth-order valence-corrected chi connectivity index (χ4v) is 3.10. The molecule has 0 radical (unpaired) electrons. The van der Waals surface area contributed by atoms with Gasteiger partial charge in [-0.15, -0.1) is 0 Å². The fraction of sp³-hybridized carbons (Fsp3) is 0.0588. The summed E-state index contributed by atoms with van der Waals surface area (Å²) >= 11 is 5.54. The summed E-state index contributed by atoms with van der Waals surface area (Å²) < 4.78 is 3.58. The van der Waals surface area contributed by atoms with Gasteiger partial charge in [-0.1, -0.05) is 46.3 Å². The molecule has 23 heavy (non-hydrogen) atoms. The number of nitrogens with zero attached hydrogens (tertiary/aromatic N) is 2. The van der Waals surface area contributed by atoms with Gasteiger partial charge < -0.3 is 5.32 Å². The lowest BCUT2D eigenvalue weighted by molar-refractivity contribution is 0.102. The molecule has 0 atom stereocenters. The highest BCUT2D eigenvalue weighted by Crippen LogP contribution is 2.20. The van der Waals surface area contributed by atoms with E-state index in [1.807, 2.05) is 54.7 Å².